The van der Waals surface area contributed by atoms with E-state index in [0.717, 1.165) is 17.7 Å². The number of aryl methyl sites for hydroxylation is 2. The van der Waals surface area contributed by atoms with Gasteiger partial charge in [-0.15, -0.1) is 0 Å². The molecule has 1 aromatic carbocycles. The summed E-state index contributed by atoms with van der Waals surface area (Å²) in [5, 5.41) is 13.5. The van der Waals surface area contributed by atoms with Gasteiger partial charge in [-0.2, -0.15) is 9.61 Å². The summed E-state index contributed by atoms with van der Waals surface area (Å²) in [6, 6.07) is 6.86. The van der Waals surface area contributed by atoms with E-state index >= 15 is 0 Å². The van der Waals surface area contributed by atoms with Gasteiger partial charge in [-0.1, -0.05) is 19.9 Å². The molecule has 0 atom stereocenters. The smallest absolute Gasteiger partial charge is 0.339 e. The predicted molar refractivity (Wildman–Crippen MR) is 93.7 cm³/mol. The Morgan fingerprint density at radius 3 is 2.38 bits per heavy atom. The van der Waals surface area contributed by atoms with E-state index in [1.165, 1.54) is 10.6 Å². The third-order valence-corrected chi connectivity index (χ3v) is 3.66. The first kappa shape index (κ1) is 19.4. The molecule has 0 aliphatic heterocycles. The highest BCUT2D eigenvalue weighted by molar-refractivity contribution is 5.97. The summed E-state index contributed by atoms with van der Waals surface area (Å²) in [5.74, 6) is -2.30. The van der Waals surface area contributed by atoms with Crippen LogP contribution in [0.3, 0.4) is 0 Å². The van der Waals surface area contributed by atoms with Crippen LogP contribution in [-0.4, -0.2) is 20.7 Å². The molecule has 138 valence electrons. The lowest BCUT2D eigenvalue weighted by Crippen LogP contribution is -2.06. The van der Waals surface area contributed by atoms with Crippen LogP contribution in [0.1, 0.15) is 41.0 Å². The van der Waals surface area contributed by atoms with Gasteiger partial charge in [0.25, 0.3) is 0 Å². The molecule has 0 unspecified atom stereocenters. The van der Waals surface area contributed by atoms with Crippen molar-refractivity contribution < 1.29 is 23.4 Å². The fourth-order valence-corrected chi connectivity index (χ4v) is 2.54. The van der Waals surface area contributed by atoms with Gasteiger partial charge in [0.2, 0.25) is 5.88 Å². The number of aromatic nitrogens is 2. The van der Waals surface area contributed by atoms with Crippen molar-refractivity contribution >= 4 is 11.5 Å². The maximum absolute atomic E-state index is 13.7. The fraction of sp³-hybridized carbons (Fsp3) is 0.263. The maximum atomic E-state index is 13.7. The lowest BCUT2D eigenvalue weighted by molar-refractivity contribution is 0.0698. The Labute approximate surface area is 149 Å². The second-order valence-electron chi connectivity index (χ2n) is 5.42. The van der Waals surface area contributed by atoms with Gasteiger partial charge < -0.3 is 9.84 Å². The lowest BCUT2D eigenvalue weighted by atomic mass is 10.2. The number of fused-ring (bicyclic) bond motifs is 1. The molecule has 3 aromatic rings. The summed E-state index contributed by atoms with van der Waals surface area (Å²) < 4.78 is 34.2. The van der Waals surface area contributed by atoms with Crippen molar-refractivity contribution in [3.05, 3.63) is 64.4 Å². The van der Waals surface area contributed by atoms with Crippen molar-refractivity contribution in [1.29, 1.82) is 0 Å². The highest BCUT2D eigenvalue weighted by atomic mass is 19.1. The van der Waals surface area contributed by atoms with Gasteiger partial charge in [0.05, 0.1) is 16.8 Å². The molecular formula is C19H20F2N2O3. The molecule has 2 heterocycles. The first-order chi connectivity index (χ1) is 12.4. The number of nitrogens with zero attached hydrogens (tertiary/aromatic N) is 2. The monoisotopic (exact) mass is 362 g/mol. The van der Waals surface area contributed by atoms with E-state index in [2.05, 4.69) is 5.10 Å². The predicted octanol–water partition coefficient (Wildman–Crippen LogP) is 4.53. The number of hydrogen-bond donors (Lipinski definition) is 1. The van der Waals surface area contributed by atoms with Crippen LogP contribution in [0, 0.1) is 25.5 Å². The number of hydrogen-bond acceptors (Lipinski definition) is 3. The SMILES string of the molecule is CC.Cc1cc(OCc2c(F)cccc2F)n2nc(C)c(C(=O)O)c2c1. The minimum Gasteiger partial charge on any atom is -0.478 e. The number of carboxylic acids is 1. The van der Waals surface area contributed by atoms with Crippen LogP contribution in [0.15, 0.2) is 30.3 Å². The Hall–Kier alpha value is -2.96. The Balaban J connectivity index is 0.00000117. The first-order valence-corrected chi connectivity index (χ1v) is 8.17. The van der Waals surface area contributed by atoms with Gasteiger partial charge in [0.15, 0.2) is 0 Å². The Morgan fingerprint density at radius 2 is 1.81 bits per heavy atom. The minimum atomic E-state index is -1.10. The van der Waals surface area contributed by atoms with Crippen molar-refractivity contribution in [2.45, 2.75) is 34.3 Å². The molecule has 0 saturated heterocycles. The summed E-state index contributed by atoms with van der Waals surface area (Å²) in [5.41, 5.74) is 1.31. The maximum Gasteiger partial charge on any atom is 0.339 e. The van der Waals surface area contributed by atoms with Crippen molar-refractivity contribution in [3.63, 3.8) is 0 Å². The summed E-state index contributed by atoms with van der Waals surface area (Å²) in [6.45, 7) is 7.01. The Morgan fingerprint density at radius 1 is 1.19 bits per heavy atom. The lowest BCUT2D eigenvalue weighted by Gasteiger charge is -2.10. The number of carboxylic acid groups (broad SMARTS) is 1. The largest absolute Gasteiger partial charge is 0.478 e. The number of benzene rings is 1. The zero-order valence-electron chi connectivity index (χ0n) is 15.0. The zero-order valence-corrected chi connectivity index (χ0v) is 15.0. The molecule has 0 aliphatic carbocycles. The van der Waals surface area contributed by atoms with Gasteiger partial charge in [0, 0.05) is 6.07 Å². The minimum absolute atomic E-state index is 0.0700. The molecule has 0 bridgehead atoms. The molecule has 0 saturated carbocycles. The van der Waals surface area contributed by atoms with E-state index in [1.807, 2.05) is 13.8 Å². The second kappa shape index (κ2) is 7.95. The summed E-state index contributed by atoms with van der Waals surface area (Å²) >= 11 is 0. The highest BCUT2D eigenvalue weighted by Crippen LogP contribution is 2.24. The normalized spacial score (nSPS) is 10.4. The molecule has 0 amide bonds. The molecule has 0 spiro atoms. The van der Waals surface area contributed by atoms with E-state index in [9.17, 15) is 18.7 Å². The topological polar surface area (TPSA) is 63.8 Å². The number of carbonyl (C=O) groups is 1. The molecular weight excluding hydrogens is 342 g/mol. The molecule has 0 radical (unpaired) electrons. The van der Waals surface area contributed by atoms with Crippen LogP contribution >= 0.6 is 0 Å². The Bertz CT molecular complexity index is 931. The molecule has 1 N–H and O–H groups in total. The van der Waals surface area contributed by atoms with Crippen molar-refractivity contribution in [2.75, 3.05) is 0 Å². The van der Waals surface area contributed by atoms with Crippen LogP contribution in [0.25, 0.3) is 5.52 Å². The average Bonchev–Trinajstić information content (AvgIpc) is 2.92. The van der Waals surface area contributed by atoms with Crippen molar-refractivity contribution in [3.8, 4) is 5.88 Å². The second-order valence-corrected chi connectivity index (χ2v) is 5.42. The van der Waals surface area contributed by atoms with Crippen LogP contribution in [0.5, 0.6) is 5.88 Å². The number of ether oxygens (including phenoxy) is 1. The molecule has 2 aromatic heterocycles. The van der Waals surface area contributed by atoms with E-state index in [4.69, 9.17) is 4.74 Å². The third kappa shape index (κ3) is 3.66. The quantitative estimate of drug-likeness (QED) is 0.740. The van der Waals surface area contributed by atoms with Gasteiger partial charge in [-0.3, -0.25) is 0 Å². The van der Waals surface area contributed by atoms with E-state index in [1.54, 1.807) is 26.0 Å². The van der Waals surface area contributed by atoms with Crippen LogP contribution in [0.4, 0.5) is 8.78 Å². The van der Waals surface area contributed by atoms with E-state index in [-0.39, 0.29) is 23.6 Å². The fourth-order valence-electron chi connectivity index (χ4n) is 2.54. The average molecular weight is 362 g/mol. The van der Waals surface area contributed by atoms with Gasteiger partial charge in [-0.25, -0.2) is 13.6 Å². The van der Waals surface area contributed by atoms with Crippen molar-refractivity contribution in [1.82, 2.24) is 9.61 Å². The molecule has 3 rings (SSSR count). The van der Waals surface area contributed by atoms with Gasteiger partial charge in [-0.05, 0) is 37.6 Å². The first-order valence-electron chi connectivity index (χ1n) is 8.17. The van der Waals surface area contributed by atoms with Crippen LogP contribution in [0.2, 0.25) is 0 Å². The van der Waals surface area contributed by atoms with Crippen molar-refractivity contribution in [2.24, 2.45) is 0 Å². The van der Waals surface area contributed by atoms with Crippen LogP contribution in [-0.2, 0) is 6.61 Å². The summed E-state index contributed by atoms with van der Waals surface area (Å²) in [7, 11) is 0. The van der Waals surface area contributed by atoms with Gasteiger partial charge in [0.1, 0.15) is 23.8 Å². The van der Waals surface area contributed by atoms with Gasteiger partial charge >= 0.3 is 5.97 Å². The molecule has 7 heteroatoms. The highest BCUT2D eigenvalue weighted by Gasteiger charge is 2.19. The number of halogens is 2. The van der Waals surface area contributed by atoms with E-state index in [0.29, 0.717) is 11.2 Å². The van der Waals surface area contributed by atoms with E-state index < -0.39 is 17.6 Å². The zero-order chi connectivity index (χ0) is 19.4. The number of pyridine rings is 1. The Kier molecular flexibility index (Phi) is 5.92. The molecule has 5 nitrogen and oxygen atoms in total. The van der Waals surface area contributed by atoms with Crippen LogP contribution < -0.4 is 4.74 Å². The molecule has 0 fully saturated rings. The summed E-state index contributed by atoms with van der Waals surface area (Å²) in [4.78, 5) is 11.4. The standard InChI is InChI=1S/C17H14F2N2O3.C2H6/c1-9-6-14-16(17(22)23)10(2)20-21(14)15(7-9)24-8-11-12(18)4-3-5-13(11)19;1-2/h3-7H,8H2,1-2H3,(H,22,23);1-2H3. The molecule has 26 heavy (non-hydrogen) atoms. The number of rotatable bonds is 4. The third-order valence-electron chi connectivity index (χ3n) is 3.66. The molecule has 0 aliphatic rings. The number of aromatic carboxylic acids is 1. The summed E-state index contributed by atoms with van der Waals surface area (Å²) in [6.07, 6.45) is 0.